The Bertz CT molecular complexity index is 458. The second-order valence-corrected chi connectivity index (χ2v) is 4.56. The van der Waals surface area contributed by atoms with Gasteiger partial charge in [-0.25, -0.2) is 4.68 Å². The molecule has 0 amide bonds. The normalized spacial score (nSPS) is 11.7. The van der Waals surface area contributed by atoms with E-state index in [1.165, 1.54) is 5.56 Å². The lowest BCUT2D eigenvalue weighted by atomic mass is 9.84. The molecule has 0 fully saturated rings. The zero-order valence-electron chi connectivity index (χ0n) is 9.72. The summed E-state index contributed by atoms with van der Waals surface area (Å²) in [5.74, 6) is 0. The molecule has 0 saturated heterocycles. The van der Waals surface area contributed by atoms with Crippen LogP contribution in [-0.2, 0) is 5.41 Å². The third-order valence-corrected chi connectivity index (χ3v) is 2.89. The number of para-hydroxylation sites is 1. The van der Waals surface area contributed by atoms with Gasteiger partial charge in [-0.05, 0) is 17.7 Å². The van der Waals surface area contributed by atoms with E-state index in [4.69, 9.17) is 5.73 Å². The maximum Gasteiger partial charge on any atom is 0.0683 e. The van der Waals surface area contributed by atoms with Crippen LogP contribution in [-0.4, -0.2) is 16.3 Å². The summed E-state index contributed by atoms with van der Waals surface area (Å²) in [7, 11) is 0. The van der Waals surface area contributed by atoms with Crippen molar-refractivity contribution >= 4 is 0 Å². The Kier molecular flexibility index (Phi) is 2.79. The highest BCUT2D eigenvalue weighted by Gasteiger charge is 2.22. The summed E-state index contributed by atoms with van der Waals surface area (Å²) in [6, 6.07) is 10.2. The molecule has 0 atom stereocenters. The van der Waals surface area contributed by atoms with Crippen LogP contribution in [0.1, 0.15) is 19.4 Å². The summed E-state index contributed by atoms with van der Waals surface area (Å²) >= 11 is 0. The van der Waals surface area contributed by atoms with E-state index in [1.807, 2.05) is 29.1 Å². The number of hydrogen-bond acceptors (Lipinski definition) is 2. The Morgan fingerprint density at radius 3 is 2.62 bits per heavy atom. The van der Waals surface area contributed by atoms with Gasteiger partial charge in [-0.15, -0.1) is 0 Å². The van der Waals surface area contributed by atoms with Gasteiger partial charge in [-0.1, -0.05) is 32.0 Å². The molecule has 0 spiro atoms. The lowest BCUT2D eigenvalue weighted by molar-refractivity contribution is 0.534. The lowest BCUT2D eigenvalue weighted by Crippen LogP contribution is -2.29. The Morgan fingerprint density at radius 2 is 2.00 bits per heavy atom. The van der Waals surface area contributed by atoms with Crippen LogP contribution < -0.4 is 5.73 Å². The first-order valence-electron chi connectivity index (χ1n) is 5.45. The Morgan fingerprint density at radius 1 is 1.25 bits per heavy atom. The first kappa shape index (κ1) is 10.9. The van der Waals surface area contributed by atoms with E-state index in [0.29, 0.717) is 6.54 Å². The van der Waals surface area contributed by atoms with E-state index in [1.54, 1.807) is 6.20 Å². The van der Waals surface area contributed by atoms with Gasteiger partial charge in [0.25, 0.3) is 0 Å². The molecule has 0 saturated carbocycles. The quantitative estimate of drug-likeness (QED) is 0.852. The predicted octanol–water partition coefficient (Wildman–Crippen LogP) is 2.11. The monoisotopic (exact) mass is 215 g/mol. The molecule has 0 aliphatic carbocycles. The minimum absolute atomic E-state index is 0.0391. The molecular weight excluding hydrogens is 198 g/mol. The molecule has 0 unspecified atom stereocenters. The SMILES string of the molecule is CC(C)(CN)c1ccccc1-n1cccn1. The smallest absolute Gasteiger partial charge is 0.0683 e. The molecule has 2 rings (SSSR count). The standard InChI is InChI=1S/C13H17N3/c1-13(2,10-14)11-6-3-4-7-12(11)16-9-5-8-15-16/h3-9H,10,14H2,1-2H3. The topological polar surface area (TPSA) is 43.8 Å². The van der Waals surface area contributed by atoms with E-state index in [0.717, 1.165) is 5.69 Å². The van der Waals surface area contributed by atoms with Crippen molar-refractivity contribution in [3.05, 3.63) is 48.3 Å². The average Bonchev–Trinajstić information content (AvgIpc) is 2.82. The molecule has 1 aromatic carbocycles. The van der Waals surface area contributed by atoms with Crippen molar-refractivity contribution in [3.8, 4) is 5.69 Å². The van der Waals surface area contributed by atoms with E-state index in [9.17, 15) is 0 Å². The van der Waals surface area contributed by atoms with E-state index in [2.05, 4.69) is 31.1 Å². The zero-order chi connectivity index (χ0) is 11.6. The molecule has 1 heterocycles. The van der Waals surface area contributed by atoms with Crippen molar-refractivity contribution in [1.29, 1.82) is 0 Å². The van der Waals surface area contributed by atoms with Crippen molar-refractivity contribution < 1.29 is 0 Å². The van der Waals surface area contributed by atoms with Crippen LogP contribution in [0.15, 0.2) is 42.7 Å². The molecule has 0 radical (unpaired) electrons. The Labute approximate surface area is 95.9 Å². The molecule has 2 N–H and O–H groups in total. The lowest BCUT2D eigenvalue weighted by Gasteiger charge is -2.25. The van der Waals surface area contributed by atoms with Gasteiger partial charge in [0.1, 0.15) is 0 Å². The number of rotatable bonds is 3. The van der Waals surface area contributed by atoms with Gasteiger partial charge >= 0.3 is 0 Å². The van der Waals surface area contributed by atoms with Crippen LogP contribution in [0.3, 0.4) is 0 Å². The van der Waals surface area contributed by atoms with Gasteiger partial charge in [-0.2, -0.15) is 5.10 Å². The molecule has 0 aliphatic rings. The number of aromatic nitrogens is 2. The van der Waals surface area contributed by atoms with Crippen molar-refractivity contribution in [2.24, 2.45) is 5.73 Å². The van der Waals surface area contributed by atoms with Crippen LogP contribution in [0.25, 0.3) is 5.69 Å². The van der Waals surface area contributed by atoms with Gasteiger partial charge in [0, 0.05) is 24.4 Å². The first-order valence-corrected chi connectivity index (χ1v) is 5.45. The van der Waals surface area contributed by atoms with Gasteiger partial charge in [0.15, 0.2) is 0 Å². The molecule has 3 nitrogen and oxygen atoms in total. The van der Waals surface area contributed by atoms with Crippen LogP contribution in [0.5, 0.6) is 0 Å². The van der Waals surface area contributed by atoms with Gasteiger partial charge in [0.2, 0.25) is 0 Å². The molecule has 2 aromatic rings. The molecule has 1 aromatic heterocycles. The number of nitrogens with zero attached hydrogens (tertiary/aromatic N) is 2. The Balaban J connectivity index is 2.55. The van der Waals surface area contributed by atoms with Crippen molar-refractivity contribution in [3.63, 3.8) is 0 Å². The highest BCUT2D eigenvalue weighted by molar-refractivity contribution is 5.44. The highest BCUT2D eigenvalue weighted by Crippen LogP contribution is 2.27. The van der Waals surface area contributed by atoms with Crippen LogP contribution >= 0.6 is 0 Å². The molecule has 16 heavy (non-hydrogen) atoms. The zero-order valence-corrected chi connectivity index (χ0v) is 9.72. The third-order valence-electron chi connectivity index (χ3n) is 2.89. The third kappa shape index (κ3) is 1.86. The number of hydrogen-bond donors (Lipinski definition) is 1. The van der Waals surface area contributed by atoms with E-state index < -0.39 is 0 Å². The highest BCUT2D eigenvalue weighted by atomic mass is 15.3. The summed E-state index contributed by atoms with van der Waals surface area (Å²) in [5.41, 5.74) is 8.12. The molecule has 0 aliphatic heterocycles. The van der Waals surface area contributed by atoms with Gasteiger partial charge < -0.3 is 5.73 Å². The fraction of sp³-hybridized carbons (Fsp3) is 0.308. The second kappa shape index (κ2) is 4.10. The van der Waals surface area contributed by atoms with Gasteiger partial charge in [-0.3, -0.25) is 0 Å². The first-order chi connectivity index (χ1) is 7.65. The maximum absolute atomic E-state index is 5.83. The van der Waals surface area contributed by atoms with Crippen LogP contribution in [0.4, 0.5) is 0 Å². The molecule has 0 bridgehead atoms. The molecule has 3 heteroatoms. The largest absolute Gasteiger partial charge is 0.330 e. The predicted molar refractivity (Wildman–Crippen MR) is 65.6 cm³/mol. The van der Waals surface area contributed by atoms with E-state index >= 15 is 0 Å². The average molecular weight is 215 g/mol. The van der Waals surface area contributed by atoms with Crippen molar-refractivity contribution in [2.45, 2.75) is 19.3 Å². The summed E-state index contributed by atoms with van der Waals surface area (Å²) in [4.78, 5) is 0. The van der Waals surface area contributed by atoms with Crippen molar-refractivity contribution in [1.82, 2.24) is 9.78 Å². The maximum atomic E-state index is 5.83. The fourth-order valence-corrected chi connectivity index (χ4v) is 1.77. The minimum Gasteiger partial charge on any atom is -0.330 e. The second-order valence-electron chi connectivity index (χ2n) is 4.56. The summed E-state index contributed by atoms with van der Waals surface area (Å²) in [5, 5.41) is 4.27. The summed E-state index contributed by atoms with van der Waals surface area (Å²) in [6.45, 7) is 4.91. The minimum atomic E-state index is -0.0391. The number of benzene rings is 1. The van der Waals surface area contributed by atoms with Gasteiger partial charge in [0.05, 0.1) is 5.69 Å². The van der Waals surface area contributed by atoms with Crippen LogP contribution in [0, 0.1) is 0 Å². The number of nitrogens with two attached hydrogens (primary N) is 1. The summed E-state index contributed by atoms with van der Waals surface area (Å²) in [6.07, 6.45) is 3.73. The Hall–Kier alpha value is -1.61. The fourth-order valence-electron chi connectivity index (χ4n) is 1.77. The van der Waals surface area contributed by atoms with Crippen molar-refractivity contribution in [2.75, 3.05) is 6.54 Å². The molecular formula is C13H17N3. The van der Waals surface area contributed by atoms with Crippen LogP contribution in [0.2, 0.25) is 0 Å². The van der Waals surface area contributed by atoms with E-state index in [-0.39, 0.29) is 5.41 Å². The molecule has 84 valence electrons. The summed E-state index contributed by atoms with van der Waals surface area (Å²) < 4.78 is 1.88.